The molecule has 0 bridgehead atoms. The van der Waals surface area contributed by atoms with E-state index in [2.05, 4.69) is 5.32 Å². The van der Waals surface area contributed by atoms with Crippen molar-refractivity contribution in [1.82, 2.24) is 5.32 Å². The van der Waals surface area contributed by atoms with Crippen molar-refractivity contribution in [2.45, 2.75) is 25.7 Å². The Bertz CT molecular complexity index is 336. The molecule has 1 aromatic carbocycles. The average molecular weight is 268 g/mol. The zero-order chi connectivity index (χ0) is 12.7. The fraction of sp³-hybridized carbons (Fsp3) is 0.600. The van der Waals surface area contributed by atoms with Gasteiger partial charge in [0.15, 0.2) is 0 Å². The normalized spacial score (nSPS) is 17.8. The molecule has 1 aliphatic rings. The first kappa shape index (κ1) is 13.7. The Hall–Kier alpha value is -0.730. The van der Waals surface area contributed by atoms with E-state index in [0.717, 1.165) is 24.7 Å². The first-order chi connectivity index (χ1) is 8.85. The molecule has 3 heteroatoms. The van der Waals surface area contributed by atoms with Crippen LogP contribution in [0.15, 0.2) is 30.3 Å². The summed E-state index contributed by atoms with van der Waals surface area (Å²) in [6.45, 7) is 2.62. The lowest BCUT2D eigenvalue weighted by atomic mass is 9.88. The largest absolute Gasteiger partial charge is 0.492 e. The minimum atomic E-state index is 0.342. The molecule has 1 aromatic rings. The number of benzene rings is 1. The van der Waals surface area contributed by atoms with Crippen molar-refractivity contribution in [3.05, 3.63) is 30.3 Å². The minimum Gasteiger partial charge on any atom is -0.492 e. The van der Waals surface area contributed by atoms with Gasteiger partial charge in [-0.3, -0.25) is 0 Å². The number of rotatable bonds is 7. The zero-order valence-corrected chi connectivity index (χ0v) is 11.6. The molecule has 1 saturated carbocycles. The van der Waals surface area contributed by atoms with Crippen molar-refractivity contribution in [1.29, 1.82) is 0 Å². The van der Waals surface area contributed by atoms with Crippen LogP contribution < -0.4 is 10.1 Å². The molecular weight excluding hydrogens is 246 g/mol. The van der Waals surface area contributed by atoms with Crippen molar-refractivity contribution < 1.29 is 4.74 Å². The van der Waals surface area contributed by atoms with E-state index in [-0.39, 0.29) is 0 Å². The topological polar surface area (TPSA) is 21.3 Å². The summed E-state index contributed by atoms with van der Waals surface area (Å²) in [4.78, 5) is 0. The van der Waals surface area contributed by atoms with Crippen LogP contribution in [0.2, 0.25) is 0 Å². The predicted molar refractivity (Wildman–Crippen MR) is 76.4 cm³/mol. The van der Waals surface area contributed by atoms with Gasteiger partial charge in [0, 0.05) is 19.0 Å². The van der Waals surface area contributed by atoms with Crippen LogP contribution in [0, 0.1) is 5.41 Å². The number of hydrogen-bond acceptors (Lipinski definition) is 2. The van der Waals surface area contributed by atoms with Gasteiger partial charge in [0.2, 0.25) is 0 Å². The van der Waals surface area contributed by atoms with Gasteiger partial charge < -0.3 is 10.1 Å². The molecule has 18 heavy (non-hydrogen) atoms. The second-order valence-electron chi connectivity index (χ2n) is 5.18. The predicted octanol–water partition coefficient (Wildman–Crippen LogP) is 3.45. The number of hydrogen-bond donors (Lipinski definition) is 1. The van der Waals surface area contributed by atoms with Gasteiger partial charge >= 0.3 is 0 Å². The molecule has 0 radical (unpaired) electrons. The van der Waals surface area contributed by atoms with Crippen LogP contribution >= 0.6 is 11.6 Å². The van der Waals surface area contributed by atoms with E-state index >= 15 is 0 Å². The van der Waals surface area contributed by atoms with E-state index in [0.29, 0.717) is 12.0 Å². The fourth-order valence-electron chi connectivity index (χ4n) is 2.59. The summed E-state index contributed by atoms with van der Waals surface area (Å²) in [6.07, 6.45) is 5.19. The molecule has 0 atom stereocenters. The fourth-order valence-corrected chi connectivity index (χ4v) is 2.96. The maximum atomic E-state index is 6.10. The summed E-state index contributed by atoms with van der Waals surface area (Å²) in [5.41, 5.74) is 0.342. The van der Waals surface area contributed by atoms with E-state index in [1.54, 1.807) is 0 Å². The maximum Gasteiger partial charge on any atom is 0.119 e. The number of para-hydroxylation sites is 1. The second kappa shape index (κ2) is 7.01. The third-order valence-electron chi connectivity index (χ3n) is 3.74. The van der Waals surface area contributed by atoms with E-state index in [4.69, 9.17) is 16.3 Å². The molecular formula is C15H22ClNO. The molecule has 0 unspecified atom stereocenters. The van der Waals surface area contributed by atoms with Gasteiger partial charge in [-0.1, -0.05) is 31.0 Å². The van der Waals surface area contributed by atoms with Gasteiger partial charge in [0.25, 0.3) is 0 Å². The van der Waals surface area contributed by atoms with Crippen molar-refractivity contribution in [2.75, 3.05) is 25.6 Å². The Morgan fingerprint density at radius 2 is 1.89 bits per heavy atom. The summed E-state index contributed by atoms with van der Waals surface area (Å²) in [6, 6.07) is 9.94. The van der Waals surface area contributed by atoms with Gasteiger partial charge in [0.05, 0.1) is 0 Å². The molecule has 100 valence electrons. The molecule has 2 rings (SSSR count). The van der Waals surface area contributed by atoms with Crippen LogP contribution in [-0.2, 0) is 0 Å². The highest BCUT2D eigenvalue weighted by Crippen LogP contribution is 2.38. The van der Waals surface area contributed by atoms with Crippen LogP contribution in [0.1, 0.15) is 25.7 Å². The van der Waals surface area contributed by atoms with E-state index in [9.17, 15) is 0 Å². The summed E-state index contributed by atoms with van der Waals surface area (Å²) >= 11 is 6.10. The Kier molecular flexibility index (Phi) is 5.33. The zero-order valence-electron chi connectivity index (χ0n) is 10.8. The van der Waals surface area contributed by atoms with Crippen LogP contribution in [-0.4, -0.2) is 25.6 Å². The lowest BCUT2D eigenvalue weighted by molar-refractivity contribution is 0.281. The summed E-state index contributed by atoms with van der Waals surface area (Å²) in [5.74, 6) is 1.71. The molecule has 0 amide bonds. The highest BCUT2D eigenvalue weighted by atomic mass is 35.5. The Labute approximate surface area is 115 Å². The van der Waals surface area contributed by atoms with Gasteiger partial charge in [-0.05, 0) is 30.4 Å². The second-order valence-corrected chi connectivity index (χ2v) is 5.45. The van der Waals surface area contributed by atoms with E-state index < -0.39 is 0 Å². The number of alkyl halides is 1. The molecule has 1 fully saturated rings. The Balaban J connectivity index is 1.61. The molecule has 1 N–H and O–H groups in total. The maximum absolute atomic E-state index is 6.10. The highest BCUT2D eigenvalue weighted by Gasteiger charge is 2.32. The lowest BCUT2D eigenvalue weighted by Crippen LogP contribution is -2.35. The van der Waals surface area contributed by atoms with Crippen molar-refractivity contribution in [3.8, 4) is 5.75 Å². The first-order valence-corrected chi connectivity index (χ1v) is 7.33. The van der Waals surface area contributed by atoms with Gasteiger partial charge in [-0.25, -0.2) is 0 Å². The SMILES string of the molecule is ClCC1(CNCCOc2ccccc2)CCCC1. The van der Waals surface area contributed by atoms with Crippen molar-refractivity contribution in [3.63, 3.8) is 0 Å². The molecule has 0 heterocycles. The highest BCUT2D eigenvalue weighted by molar-refractivity contribution is 6.18. The third-order valence-corrected chi connectivity index (χ3v) is 4.31. The van der Waals surface area contributed by atoms with Gasteiger partial charge in [-0.2, -0.15) is 0 Å². The minimum absolute atomic E-state index is 0.342. The average Bonchev–Trinajstić information content (AvgIpc) is 2.89. The number of nitrogens with one attached hydrogen (secondary N) is 1. The first-order valence-electron chi connectivity index (χ1n) is 6.79. The van der Waals surface area contributed by atoms with Crippen molar-refractivity contribution >= 4 is 11.6 Å². The van der Waals surface area contributed by atoms with Crippen LogP contribution in [0.25, 0.3) is 0 Å². The van der Waals surface area contributed by atoms with Crippen LogP contribution in [0.4, 0.5) is 0 Å². The molecule has 0 aromatic heterocycles. The summed E-state index contributed by atoms with van der Waals surface area (Å²) < 4.78 is 5.64. The number of ether oxygens (including phenoxy) is 1. The smallest absolute Gasteiger partial charge is 0.119 e. The quantitative estimate of drug-likeness (QED) is 0.604. The Morgan fingerprint density at radius 1 is 1.17 bits per heavy atom. The van der Waals surface area contributed by atoms with Crippen molar-refractivity contribution in [2.24, 2.45) is 5.41 Å². The van der Waals surface area contributed by atoms with E-state index in [1.807, 2.05) is 30.3 Å². The third kappa shape index (κ3) is 3.89. The molecule has 1 aliphatic carbocycles. The van der Waals surface area contributed by atoms with E-state index in [1.165, 1.54) is 25.7 Å². The standard InChI is InChI=1S/C15H22ClNO/c16-12-15(8-4-5-9-15)13-17-10-11-18-14-6-2-1-3-7-14/h1-3,6-7,17H,4-5,8-13H2. The molecule has 0 saturated heterocycles. The molecule has 0 aliphatic heterocycles. The Morgan fingerprint density at radius 3 is 2.56 bits per heavy atom. The summed E-state index contributed by atoms with van der Waals surface area (Å²) in [5, 5.41) is 3.48. The van der Waals surface area contributed by atoms with Gasteiger partial charge in [-0.15, -0.1) is 11.6 Å². The van der Waals surface area contributed by atoms with Crippen LogP contribution in [0.5, 0.6) is 5.75 Å². The van der Waals surface area contributed by atoms with Gasteiger partial charge in [0.1, 0.15) is 12.4 Å². The van der Waals surface area contributed by atoms with Crippen LogP contribution in [0.3, 0.4) is 0 Å². The monoisotopic (exact) mass is 267 g/mol. The molecule has 2 nitrogen and oxygen atoms in total. The number of halogens is 1. The molecule has 0 spiro atoms. The lowest BCUT2D eigenvalue weighted by Gasteiger charge is -2.26. The summed E-state index contributed by atoms with van der Waals surface area (Å²) in [7, 11) is 0.